The quantitative estimate of drug-likeness (QED) is 0.874. The van der Waals surface area contributed by atoms with Gasteiger partial charge in [-0.25, -0.2) is 12.8 Å². The number of rotatable bonds is 5. The summed E-state index contributed by atoms with van der Waals surface area (Å²) in [6.45, 7) is 1.68. The summed E-state index contributed by atoms with van der Waals surface area (Å²) in [5.41, 5.74) is 1.64. The zero-order chi connectivity index (χ0) is 17.7. The van der Waals surface area contributed by atoms with Gasteiger partial charge in [-0.2, -0.15) is 4.31 Å². The summed E-state index contributed by atoms with van der Waals surface area (Å²) in [6.07, 6.45) is 4.03. The molecule has 0 spiro atoms. The van der Waals surface area contributed by atoms with Gasteiger partial charge in [0.2, 0.25) is 10.0 Å². The molecule has 1 saturated heterocycles. The second-order valence-corrected chi connectivity index (χ2v) is 8.26. The molecule has 0 aliphatic carbocycles. The molecule has 134 valence electrons. The van der Waals surface area contributed by atoms with Gasteiger partial charge in [0.15, 0.2) is 0 Å². The molecule has 0 aromatic heterocycles. The monoisotopic (exact) mass is 362 g/mol. The first-order valence-electron chi connectivity index (χ1n) is 8.64. The summed E-state index contributed by atoms with van der Waals surface area (Å²) in [5.74, 6) is -0.266. The van der Waals surface area contributed by atoms with Gasteiger partial charge in [0, 0.05) is 25.3 Å². The lowest BCUT2D eigenvalue weighted by Crippen LogP contribution is -2.31. The third-order valence-corrected chi connectivity index (χ3v) is 6.36. The van der Waals surface area contributed by atoms with E-state index in [0.717, 1.165) is 36.9 Å². The van der Waals surface area contributed by atoms with E-state index in [9.17, 15) is 12.8 Å². The number of nitrogens with zero attached hydrogens (tertiary/aromatic N) is 1. The Morgan fingerprint density at radius 2 is 1.64 bits per heavy atom. The van der Waals surface area contributed by atoms with Crippen molar-refractivity contribution in [3.05, 3.63) is 59.9 Å². The summed E-state index contributed by atoms with van der Waals surface area (Å²) >= 11 is 0. The zero-order valence-electron chi connectivity index (χ0n) is 14.1. The smallest absolute Gasteiger partial charge is 0.243 e. The fourth-order valence-corrected chi connectivity index (χ4v) is 4.54. The highest BCUT2D eigenvalue weighted by Gasteiger charge is 2.24. The summed E-state index contributed by atoms with van der Waals surface area (Å²) in [4.78, 5) is 0.325. The molecule has 2 aromatic rings. The van der Waals surface area contributed by atoms with Gasteiger partial charge < -0.3 is 5.32 Å². The lowest BCUT2D eigenvalue weighted by atomic mass is 10.2. The van der Waals surface area contributed by atoms with E-state index in [-0.39, 0.29) is 5.82 Å². The summed E-state index contributed by atoms with van der Waals surface area (Å²) in [5, 5.41) is 3.18. The fourth-order valence-electron chi connectivity index (χ4n) is 3.03. The fraction of sp³-hybridized carbons (Fsp3) is 0.368. The molecule has 2 aromatic carbocycles. The number of nitrogens with one attached hydrogen (secondary N) is 1. The Bertz CT molecular complexity index is 798. The Labute approximate surface area is 148 Å². The molecule has 1 fully saturated rings. The molecule has 1 heterocycles. The van der Waals surface area contributed by atoms with Crippen LogP contribution < -0.4 is 5.32 Å². The van der Waals surface area contributed by atoms with E-state index in [2.05, 4.69) is 5.32 Å². The van der Waals surface area contributed by atoms with Crippen LogP contribution in [0.1, 0.15) is 31.2 Å². The average molecular weight is 362 g/mol. The lowest BCUT2D eigenvalue weighted by Gasteiger charge is -2.20. The van der Waals surface area contributed by atoms with E-state index < -0.39 is 10.0 Å². The number of anilines is 1. The second-order valence-electron chi connectivity index (χ2n) is 6.33. The van der Waals surface area contributed by atoms with Gasteiger partial charge >= 0.3 is 0 Å². The second kappa shape index (κ2) is 7.97. The standard InChI is InChI=1S/C19H23FN2O2S/c20-17-7-5-6-16(14-17)15-21-18-8-10-19(11-9-18)25(23,24)22-12-3-1-2-4-13-22/h5-11,14,21H,1-4,12-13,15H2. The van der Waals surface area contributed by atoms with Gasteiger partial charge in [0.1, 0.15) is 5.82 Å². The molecule has 1 aliphatic rings. The van der Waals surface area contributed by atoms with Crippen molar-refractivity contribution in [3.63, 3.8) is 0 Å². The molecule has 0 amide bonds. The van der Waals surface area contributed by atoms with Gasteiger partial charge in [0.25, 0.3) is 0 Å². The predicted molar refractivity (Wildman–Crippen MR) is 97.4 cm³/mol. The van der Waals surface area contributed by atoms with Gasteiger partial charge in [-0.15, -0.1) is 0 Å². The van der Waals surface area contributed by atoms with E-state index >= 15 is 0 Å². The van der Waals surface area contributed by atoms with Crippen LogP contribution >= 0.6 is 0 Å². The maximum atomic E-state index is 13.2. The Hall–Kier alpha value is -1.92. The van der Waals surface area contributed by atoms with Crippen LogP contribution in [0.3, 0.4) is 0 Å². The molecule has 4 nitrogen and oxygen atoms in total. The highest BCUT2D eigenvalue weighted by Crippen LogP contribution is 2.22. The van der Waals surface area contributed by atoms with Crippen LogP contribution in [0, 0.1) is 5.82 Å². The minimum Gasteiger partial charge on any atom is -0.381 e. The van der Waals surface area contributed by atoms with E-state index in [4.69, 9.17) is 0 Å². The van der Waals surface area contributed by atoms with Crippen LogP contribution in [-0.2, 0) is 16.6 Å². The number of halogens is 1. The van der Waals surface area contributed by atoms with Crippen molar-refractivity contribution in [3.8, 4) is 0 Å². The average Bonchev–Trinajstić information content (AvgIpc) is 2.90. The third kappa shape index (κ3) is 4.58. The molecule has 0 saturated carbocycles. The largest absolute Gasteiger partial charge is 0.381 e. The van der Waals surface area contributed by atoms with Gasteiger partial charge in [-0.3, -0.25) is 0 Å². The third-order valence-electron chi connectivity index (χ3n) is 4.44. The van der Waals surface area contributed by atoms with Crippen LogP contribution in [-0.4, -0.2) is 25.8 Å². The Balaban J connectivity index is 1.66. The first kappa shape index (κ1) is 17.9. The highest BCUT2D eigenvalue weighted by atomic mass is 32.2. The van der Waals surface area contributed by atoms with E-state index in [1.807, 2.05) is 6.07 Å². The van der Waals surface area contributed by atoms with Gasteiger partial charge in [-0.1, -0.05) is 25.0 Å². The highest BCUT2D eigenvalue weighted by molar-refractivity contribution is 7.89. The van der Waals surface area contributed by atoms with E-state index in [0.29, 0.717) is 24.5 Å². The lowest BCUT2D eigenvalue weighted by molar-refractivity contribution is 0.424. The first-order chi connectivity index (χ1) is 12.1. The Morgan fingerprint density at radius 3 is 2.28 bits per heavy atom. The number of hydrogen-bond acceptors (Lipinski definition) is 3. The van der Waals surface area contributed by atoms with Gasteiger partial charge in [0.05, 0.1) is 4.90 Å². The minimum absolute atomic E-state index is 0.266. The summed E-state index contributed by atoms with van der Waals surface area (Å²) < 4.78 is 40.2. The zero-order valence-corrected chi connectivity index (χ0v) is 14.9. The van der Waals surface area contributed by atoms with Crippen molar-refractivity contribution in [1.29, 1.82) is 0 Å². The number of benzene rings is 2. The molecule has 0 atom stereocenters. The molecular weight excluding hydrogens is 339 g/mol. The van der Waals surface area contributed by atoms with E-state index in [1.54, 1.807) is 34.6 Å². The summed E-state index contributed by atoms with van der Waals surface area (Å²) in [7, 11) is -3.42. The minimum atomic E-state index is -3.42. The number of sulfonamides is 1. The molecule has 25 heavy (non-hydrogen) atoms. The van der Waals surface area contributed by atoms with E-state index in [1.165, 1.54) is 12.1 Å². The molecule has 0 unspecified atom stereocenters. The Morgan fingerprint density at radius 1 is 0.960 bits per heavy atom. The molecule has 0 bridgehead atoms. The molecule has 0 radical (unpaired) electrons. The number of hydrogen-bond donors (Lipinski definition) is 1. The summed E-state index contributed by atoms with van der Waals surface area (Å²) in [6, 6.07) is 13.2. The molecule has 3 rings (SSSR count). The van der Waals surface area contributed by atoms with Crippen LogP contribution in [0.2, 0.25) is 0 Å². The van der Waals surface area contributed by atoms with Crippen LogP contribution in [0.5, 0.6) is 0 Å². The van der Waals surface area contributed by atoms with Crippen molar-refractivity contribution in [2.75, 3.05) is 18.4 Å². The molecule has 1 aliphatic heterocycles. The van der Waals surface area contributed by atoms with Crippen molar-refractivity contribution < 1.29 is 12.8 Å². The topological polar surface area (TPSA) is 49.4 Å². The predicted octanol–water partition coefficient (Wildman–Crippen LogP) is 4.00. The van der Waals surface area contributed by atoms with Crippen LogP contribution in [0.4, 0.5) is 10.1 Å². The molecular formula is C19H23FN2O2S. The molecule has 1 N–H and O–H groups in total. The van der Waals surface area contributed by atoms with Crippen LogP contribution in [0.25, 0.3) is 0 Å². The molecule has 6 heteroatoms. The Kier molecular flexibility index (Phi) is 5.71. The van der Waals surface area contributed by atoms with Crippen molar-refractivity contribution in [1.82, 2.24) is 4.31 Å². The maximum absolute atomic E-state index is 13.2. The normalized spacial score (nSPS) is 16.4. The van der Waals surface area contributed by atoms with Crippen molar-refractivity contribution in [2.45, 2.75) is 37.1 Å². The van der Waals surface area contributed by atoms with Crippen molar-refractivity contribution in [2.24, 2.45) is 0 Å². The van der Waals surface area contributed by atoms with Crippen LogP contribution in [0.15, 0.2) is 53.4 Å². The van der Waals surface area contributed by atoms with Crippen molar-refractivity contribution >= 4 is 15.7 Å². The SMILES string of the molecule is O=S(=O)(c1ccc(NCc2cccc(F)c2)cc1)N1CCCCCC1. The van der Waals surface area contributed by atoms with Gasteiger partial charge in [-0.05, 0) is 54.8 Å². The first-order valence-corrected chi connectivity index (χ1v) is 10.1. The maximum Gasteiger partial charge on any atom is 0.243 e.